The van der Waals surface area contributed by atoms with Crippen molar-refractivity contribution in [2.75, 3.05) is 0 Å². The van der Waals surface area contributed by atoms with E-state index in [1.807, 2.05) is 24.3 Å². The summed E-state index contributed by atoms with van der Waals surface area (Å²) in [7, 11) is 0. The van der Waals surface area contributed by atoms with Gasteiger partial charge in [-0.2, -0.15) is 0 Å². The highest BCUT2D eigenvalue weighted by Crippen LogP contribution is 2.24. The molecule has 0 aliphatic rings. The van der Waals surface area contributed by atoms with Crippen molar-refractivity contribution in [3.05, 3.63) is 59.7 Å². The molecule has 1 nitrogen and oxygen atoms in total. The molecule has 0 aliphatic carbocycles. The van der Waals surface area contributed by atoms with E-state index in [1.54, 1.807) is 6.92 Å². The lowest BCUT2D eigenvalue weighted by atomic mass is 9.96. The fourth-order valence-electron chi connectivity index (χ4n) is 2.27. The number of hydrogen-bond donors (Lipinski definition) is 0. The summed E-state index contributed by atoms with van der Waals surface area (Å²) in [6.45, 7) is 3.83. The minimum absolute atomic E-state index is 0.116. The largest absolute Gasteiger partial charge is 0.294 e. The number of carbonyl (C=O) groups is 1. The number of hydrogen-bond acceptors (Lipinski definition) is 1. The normalized spacial score (nSPS) is 10.4. The predicted molar refractivity (Wildman–Crippen MR) is 80.5 cm³/mol. The molecule has 0 atom stereocenters. The minimum atomic E-state index is 0.116. The third-order valence-electron chi connectivity index (χ3n) is 3.39. The van der Waals surface area contributed by atoms with Crippen LogP contribution in [-0.4, -0.2) is 5.78 Å². The molecule has 1 heteroatoms. The summed E-state index contributed by atoms with van der Waals surface area (Å²) in [5.74, 6) is 0.116. The predicted octanol–water partition coefficient (Wildman–Crippen LogP) is 4.90. The average molecular weight is 252 g/mol. The van der Waals surface area contributed by atoms with Gasteiger partial charge in [0.1, 0.15) is 0 Å². The van der Waals surface area contributed by atoms with E-state index in [9.17, 15) is 4.79 Å². The van der Waals surface area contributed by atoms with Gasteiger partial charge in [0.05, 0.1) is 0 Å². The summed E-state index contributed by atoms with van der Waals surface area (Å²) in [6.07, 6.45) is 3.57. The van der Waals surface area contributed by atoms with Crippen LogP contribution < -0.4 is 0 Å². The van der Waals surface area contributed by atoms with Crippen molar-refractivity contribution in [3.8, 4) is 11.1 Å². The molecule has 0 bridgehead atoms. The number of Topliss-reactive ketones (excluding diaryl/α,β-unsaturated/α-hetero) is 1. The molecule has 2 aromatic rings. The average Bonchev–Trinajstić information content (AvgIpc) is 2.45. The Balaban J connectivity index is 2.30. The maximum Gasteiger partial charge on any atom is 0.160 e. The first-order valence-corrected chi connectivity index (χ1v) is 6.91. The number of benzene rings is 2. The number of unbranched alkanes of at least 4 members (excludes halogenated alkanes) is 1. The Bertz CT molecular complexity index is 552. The van der Waals surface area contributed by atoms with Gasteiger partial charge in [-0.25, -0.2) is 0 Å². The van der Waals surface area contributed by atoms with Crippen LogP contribution in [0.15, 0.2) is 48.5 Å². The van der Waals surface area contributed by atoms with E-state index in [1.165, 1.54) is 18.4 Å². The van der Waals surface area contributed by atoms with Gasteiger partial charge in [-0.3, -0.25) is 4.79 Å². The van der Waals surface area contributed by atoms with Gasteiger partial charge in [0, 0.05) is 5.56 Å². The number of carbonyl (C=O) groups excluding carboxylic acids is 1. The van der Waals surface area contributed by atoms with Crippen LogP contribution in [0.3, 0.4) is 0 Å². The van der Waals surface area contributed by atoms with E-state index in [4.69, 9.17) is 0 Å². The molecule has 98 valence electrons. The van der Waals surface area contributed by atoms with E-state index < -0.39 is 0 Å². The van der Waals surface area contributed by atoms with Crippen LogP contribution in [0.5, 0.6) is 0 Å². The Morgan fingerprint density at radius 1 is 1.00 bits per heavy atom. The number of ketones is 1. The molecular formula is C18H20O. The molecule has 0 saturated carbocycles. The number of aryl methyl sites for hydroxylation is 1. The second kappa shape index (κ2) is 6.33. The highest BCUT2D eigenvalue weighted by molar-refractivity contribution is 6.00. The van der Waals surface area contributed by atoms with Crippen LogP contribution in [-0.2, 0) is 6.42 Å². The van der Waals surface area contributed by atoms with E-state index in [0.29, 0.717) is 0 Å². The summed E-state index contributed by atoms with van der Waals surface area (Å²) in [5.41, 5.74) is 4.30. The molecule has 0 unspecified atom stereocenters. The number of rotatable bonds is 5. The third-order valence-corrected chi connectivity index (χ3v) is 3.39. The Morgan fingerprint density at radius 3 is 2.32 bits per heavy atom. The van der Waals surface area contributed by atoms with Crippen molar-refractivity contribution in [1.29, 1.82) is 0 Å². The van der Waals surface area contributed by atoms with Crippen LogP contribution in [0.1, 0.15) is 42.6 Å². The topological polar surface area (TPSA) is 17.1 Å². The van der Waals surface area contributed by atoms with E-state index in [0.717, 1.165) is 23.1 Å². The Morgan fingerprint density at radius 2 is 1.68 bits per heavy atom. The van der Waals surface area contributed by atoms with Crippen molar-refractivity contribution in [2.45, 2.75) is 33.1 Å². The molecule has 2 aromatic carbocycles. The lowest BCUT2D eigenvalue weighted by molar-refractivity contribution is 0.101. The molecule has 0 saturated heterocycles. The first-order valence-electron chi connectivity index (χ1n) is 6.91. The van der Waals surface area contributed by atoms with Gasteiger partial charge in [0.15, 0.2) is 5.78 Å². The molecular weight excluding hydrogens is 232 g/mol. The van der Waals surface area contributed by atoms with Gasteiger partial charge in [-0.05, 0) is 36.5 Å². The summed E-state index contributed by atoms with van der Waals surface area (Å²) in [4.78, 5) is 11.6. The molecule has 0 heterocycles. The molecule has 0 spiro atoms. The SMILES string of the molecule is CCCCc1ccc(-c2ccccc2C(C)=O)cc1. The van der Waals surface area contributed by atoms with Gasteiger partial charge in [-0.1, -0.05) is 61.9 Å². The third kappa shape index (κ3) is 3.31. The summed E-state index contributed by atoms with van der Waals surface area (Å²) in [5, 5.41) is 0. The lowest BCUT2D eigenvalue weighted by Crippen LogP contribution is -1.95. The van der Waals surface area contributed by atoms with Crippen molar-refractivity contribution < 1.29 is 4.79 Å². The Hall–Kier alpha value is -1.89. The second-order valence-electron chi connectivity index (χ2n) is 4.90. The molecule has 0 aromatic heterocycles. The van der Waals surface area contributed by atoms with E-state index in [-0.39, 0.29) is 5.78 Å². The van der Waals surface area contributed by atoms with Crippen LogP contribution in [0.25, 0.3) is 11.1 Å². The monoisotopic (exact) mass is 252 g/mol. The first-order chi connectivity index (χ1) is 9.22. The molecule has 0 aliphatic heterocycles. The second-order valence-corrected chi connectivity index (χ2v) is 4.90. The van der Waals surface area contributed by atoms with Crippen molar-refractivity contribution >= 4 is 5.78 Å². The van der Waals surface area contributed by atoms with E-state index >= 15 is 0 Å². The van der Waals surface area contributed by atoms with E-state index in [2.05, 4.69) is 31.2 Å². The summed E-state index contributed by atoms with van der Waals surface area (Å²) in [6, 6.07) is 16.4. The van der Waals surface area contributed by atoms with Gasteiger partial charge < -0.3 is 0 Å². The molecule has 0 radical (unpaired) electrons. The maximum absolute atomic E-state index is 11.6. The van der Waals surface area contributed by atoms with Gasteiger partial charge >= 0.3 is 0 Å². The molecule has 0 N–H and O–H groups in total. The van der Waals surface area contributed by atoms with Gasteiger partial charge in [0.25, 0.3) is 0 Å². The fraction of sp³-hybridized carbons (Fsp3) is 0.278. The smallest absolute Gasteiger partial charge is 0.160 e. The molecule has 0 amide bonds. The zero-order valence-corrected chi connectivity index (χ0v) is 11.6. The van der Waals surface area contributed by atoms with Crippen LogP contribution in [0, 0.1) is 0 Å². The summed E-state index contributed by atoms with van der Waals surface area (Å²) < 4.78 is 0. The zero-order valence-electron chi connectivity index (χ0n) is 11.6. The molecule has 19 heavy (non-hydrogen) atoms. The van der Waals surface area contributed by atoms with Gasteiger partial charge in [0.2, 0.25) is 0 Å². The van der Waals surface area contributed by atoms with Crippen molar-refractivity contribution in [1.82, 2.24) is 0 Å². The molecule has 2 rings (SSSR count). The first kappa shape index (κ1) is 13.5. The van der Waals surface area contributed by atoms with Crippen LogP contribution in [0.2, 0.25) is 0 Å². The molecule has 0 fully saturated rings. The highest BCUT2D eigenvalue weighted by atomic mass is 16.1. The Labute approximate surface area is 115 Å². The quantitative estimate of drug-likeness (QED) is 0.692. The summed E-state index contributed by atoms with van der Waals surface area (Å²) >= 11 is 0. The van der Waals surface area contributed by atoms with Crippen LogP contribution >= 0.6 is 0 Å². The highest BCUT2D eigenvalue weighted by Gasteiger charge is 2.07. The maximum atomic E-state index is 11.6. The fourth-order valence-corrected chi connectivity index (χ4v) is 2.27. The van der Waals surface area contributed by atoms with Crippen LogP contribution in [0.4, 0.5) is 0 Å². The minimum Gasteiger partial charge on any atom is -0.294 e. The zero-order chi connectivity index (χ0) is 13.7. The van der Waals surface area contributed by atoms with Gasteiger partial charge in [-0.15, -0.1) is 0 Å². The standard InChI is InChI=1S/C18H20O/c1-3-4-7-15-10-12-16(13-11-15)18-9-6-5-8-17(18)14(2)19/h5-6,8-13H,3-4,7H2,1-2H3. The lowest BCUT2D eigenvalue weighted by Gasteiger charge is -2.08. The van der Waals surface area contributed by atoms with Crippen molar-refractivity contribution in [2.24, 2.45) is 0 Å². The van der Waals surface area contributed by atoms with Crippen molar-refractivity contribution in [3.63, 3.8) is 0 Å². The Kier molecular flexibility index (Phi) is 4.51.